The molecule has 162 valence electrons. The van der Waals surface area contributed by atoms with E-state index in [2.05, 4.69) is 15.0 Å². The Morgan fingerprint density at radius 2 is 1.91 bits per heavy atom. The van der Waals surface area contributed by atoms with E-state index in [1.807, 2.05) is 35.2 Å². The van der Waals surface area contributed by atoms with E-state index in [0.717, 1.165) is 11.0 Å². The van der Waals surface area contributed by atoms with Gasteiger partial charge in [0.25, 0.3) is 5.91 Å². The minimum absolute atomic E-state index is 0.0705. The number of ether oxygens (including phenoxy) is 1. The first kappa shape index (κ1) is 20.1. The summed E-state index contributed by atoms with van der Waals surface area (Å²) in [5.41, 5.74) is 0.567. The molecular weight excluding hydrogens is 411 g/mol. The molecule has 2 aliphatic heterocycles. The standard InChI is InChI=1S/C23H21FN6O2/c24-23(22(31)30-9-10-32-21-16(11-25)12-26-13-17(21)15-30)5-7-29(8-6-23)20-14-27-18-3-1-2-4-19(18)28-20/h1-4,12-14H,5-10,15H2. The molecule has 2 aromatic heterocycles. The first-order valence-corrected chi connectivity index (χ1v) is 10.5. The number of anilines is 1. The number of para-hydroxylation sites is 2. The average Bonchev–Trinajstić information content (AvgIpc) is 3.06. The Hall–Kier alpha value is -3.80. The minimum Gasteiger partial charge on any atom is -0.490 e. The lowest BCUT2D eigenvalue weighted by atomic mass is 9.91. The molecule has 2 aliphatic rings. The molecule has 3 aromatic rings. The summed E-state index contributed by atoms with van der Waals surface area (Å²) in [6.45, 7) is 1.37. The maximum atomic E-state index is 15.8. The summed E-state index contributed by atoms with van der Waals surface area (Å²) in [5, 5.41) is 9.26. The van der Waals surface area contributed by atoms with Crippen LogP contribution in [-0.2, 0) is 11.3 Å². The van der Waals surface area contributed by atoms with Gasteiger partial charge in [-0.05, 0) is 12.1 Å². The van der Waals surface area contributed by atoms with Crippen LogP contribution in [0.3, 0.4) is 0 Å². The maximum absolute atomic E-state index is 15.8. The smallest absolute Gasteiger partial charge is 0.260 e. The van der Waals surface area contributed by atoms with E-state index in [0.29, 0.717) is 35.8 Å². The number of benzene rings is 1. The largest absolute Gasteiger partial charge is 0.490 e. The third-order valence-electron chi connectivity index (χ3n) is 6.05. The third-order valence-corrected chi connectivity index (χ3v) is 6.05. The van der Waals surface area contributed by atoms with Crippen LogP contribution in [0.5, 0.6) is 5.75 Å². The lowest BCUT2D eigenvalue weighted by Gasteiger charge is -2.38. The van der Waals surface area contributed by atoms with Gasteiger partial charge in [0, 0.05) is 43.9 Å². The van der Waals surface area contributed by atoms with Gasteiger partial charge in [-0.15, -0.1) is 0 Å². The monoisotopic (exact) mass is 432 g/mol. The Morgan fingerprint density at radius 3 is 2.69 bits per heavy atom. The van der Waals surface area contributed by atoms with Crippen LogP contribution < -0.4 is 9.64 Å². The molecule has 0 bridgehead atoms. The van der Waals surface area contributed by atoms with Gasteiger partial charge in [0.1, 0.15) is 29.8 Å². The highest BCUT2D eigenvalue weighted by Crippen LogP contribution is 2.33. The van der Waals surface area contributed by atoms with Crippen molar-refractivity contribution in [1.29, 1.82) is 5.26 Å². The highest BCUT2D eigenvalue weighted by atomic mass is 19.1. The van der Waals surface area contributed by atoms with Crippen molar-refractivity contribution in [2.75, 3.05) is 31.1 Å². The number of aromatic nitrogens is 3. The number of rotatable bonds is 2. The molecule has 0 atom stereocenters. The van der Waals surface area contributed by atoms with Gasteiger partial charge in [0.15, 0.2) is 5.67 Å². The topological polar surface area (TPSA) is 95.2 Å². The molecule has 1 amide bonds. The average molecular weight is 432 g/mol. The van der Waals surface area contributed by atoms with Crippen LogP contribution in [0.1, 0.15) is 24.0 Å². The van der Waals surface area contributed by atoms with Crippen LogP contribution in [0.2, 0.25) is 0 Å². The van der Waals surface area contributed by atoms with Gasteiger partial charge in [-0.1, -0.05) is 12.1 Å². The summed E-state index contributed by atoms with van der Waals surface area (Å²) < 4.78 is 21.5. The normalized spacial score (nSPS) is 17.8. The molecule has 8 nitrogen and oxygen atoms in total. The first-order chi connectivity index (χ1) is 15.6. The second-order valence-electron chi connectivity index (χ2n) is 8.03. The molecule has 1 fully saturated rings. The maximum Gasteiger partial charge on any atom is 0.260 e. The fraction of sp³-hybridized carbons (Fsp3) is 0.348. The van der Waals surface area contributed by atoms with E-state index in [1.54, 1.807) is 12.4 Å². The highest BCUT2D eigenvalue weighted by Gasteiger charge is 2.45. The van der Waals surface area contributed by atoms with Crippen molar-refractivity contribution in [3.63, 3.8) is 0 Å². The van der Waals surface area contributed by atoms with E-state index in [-0.39, 0.29) is 32.5 Å². The number of hydrogen-bond acceptors (Lipinski definition) is 7. The molecule has 1 aromatic carbocycles. The fourth-order valence-electron chi connectivity index (χ4n) is 4.26. The third kappa shape index (κ3) is 3.58. The van der Waals surface area contributed by atoms with E-state index >= 15 is 4.39 Å². The van der Waals surface area contributed by atoms with Crippen molar-refractivity contribution in [3.8, 4) is 11.8 Å². The highest BCUT2D eigenvalue weighted by molar-refractivity contribution is 5.86. The summed E-state index contributed by atoms with van der Waals surface area (Å²) in [4.78, 5) is 29.7. The van der Waals surface area contributed by atoms with Gasteiger partial charge >= 0.3 is 0 Å². The Morgan fingerprint density at radius 1 is 1.12 bits per heavy atom. The fourth-order valence-corrected chi connectivity index (χ4v) is 4.26. The molecule has 0 aliphatic carbocycles. The number of carbonyl (C=O) groups excluding carboxylic acids is 1. The van der Waals surface area contributed by atoms with Gasteiger partial charge in [-0.25, -0.2) is 9.37 Å². The summed E-state index contributed by atoms with van der Waals surface area (Å²) in [7, 11) is 0. The van der Waals surface area contributed by atoms with E-state index < -0.39 is 11.6 Å². The Kier molecular flexibility index (Phi) is 5.05. The van der Waals surface area contributed by atoms with Crippen LogP contribution in [0, 0.1) is 11.3 Å². The van der Waals surface area contributed by atoms with Crippen molar-refractivity contribution in [2.45, 2.75) is 25.1 Å². The van der Waals surface area contributed by atoms with Crippen LogP contribution in [-0.4, -0.2) is 57.7 Å². The number of nitriles is 1. The van der Waals surface area contributed by atoms with E-state index in [9.17, 15) is 10.1 Å². The number of alkyl halides is 1. The predicted molar refractivity (Wildman–Crippen MR) is 115 cm³/mol. The number of carbonyl (C=O) groups is 1. The molecule has 0 N–H and O–H groups in total. The Bertz CT molecular complexity index is 1220. The van der Waals surface area contributed by atoms with Gasteiger partial charge in [0.2, 0.25) is 0 Å². The zero-order valence-electron chi connectivity index (χ0n) is 17.4. The molecule has 4 heterocycles. The van der Waals surface area contributed by atoms with E-state index in [4.69, 9.17) is 4.74 Å². The molecule has 0 saturated carbocycles. The van der Waals surface area contributed by atoms with Gasteiger partial charge in [-0.2, -0.15) is 5.26 Å². The van der Waals surface area contributed by atoms with Crippen LogP contribution in [0.4, 0.5) is 10.2 Å². The molecule has 1 saturated heterocycles. The summed E-state index contributed by atoms with van der Waals surface area (Å²) in [5.74, 6) is 0.571. The van der Waals surface area contributed by atoms with Gasteiger partial charge in [0.05, 0.1) is 30.3 Å². The minimum atomic E-state index is -1.95. The molecule has 0 radical (unpaired) electrons. The number of halogens is 1. The number of nitrogens with zero attached hydrogens (tertiary/aromatic N) is 6. The van der Waals surface area contributed by atoms with Crippen molar-refractivity contribution in [2.24, 2.45) is 0 Å². The zero-order chi connectivity index (χ0) is 22.1. The summed E-state index contributed by atoms with van der Waals surface area (Å²) in [6, 6.07) is 9.65. The lowest BCUT2D eigenvalue weighted by molar-refractivity contribution is -0.146. The number of amides is 1. The van der Waals surface area contributed by atoms with Crippen molar-refractivity contribution < 1.29 is 13.9 Å². The summed E-state index contributed by atoms with van der Waals surface area (Å²) >= 11 is 0. The van der Waals surface area contributed by atoms with Crippen LogP contribution in [0.15, 0.2) is 42.9 Å². The first-order valence-electron chi connectivity index (χ1n) is 10.5. The quantitative estimate of drug-likeness (QED) is 0.614. The predicted octanol–water partition coefficient (Wildman–Crippen LogP) is 2.63. The Labute approximate surface area is 184 Å². The second kappa shape index (κ2) is 8.04. The zero-order valence-corrected chi connectivity index (χ0v) is 17.4. The number of fused-ring (bicyclic) bond motifs is 2. The molecule has 32 heavy (non-hydrogen) atoms. The number of piperidine rings is 1. The van der Waals surface area contributed by atoms with Crippen LogP contribution in [0.25, 0.3) is 11.0 Å². The second-order valence-corrected chi connectivity index (χ2v) is 8.03. The Balaban J connectivity index is 1.30. The molecule has 9 heteroatoms. The van der Waals surface area contributed by atoms with Gasteiger partial charge < -0.3 is 14.5 Å². The molecular formula is C23H21FN6O2. The molecule has 0 unspecified atom stereocenters. The SMILES string of the molecule is N#Cc1cncc2c1OCCN(C(=O)C1(F)CCN(c3cnc4ccccc4n3)CC1)C2. The van der Waals surface area contributed by atoms with E-state index in [1.165, 1.54) is 11.1 Å². The van der Waals surface area contributed by atoms with Crippen molar-refractivity contribution >= 4 is 22.8 Å². The molecule has 0 spiro atoms. The summed E-state index contributed by atoms with van der Waals surface area (Å²) in [6.07, 6.45) is 4.83. The van der Waals surface area contributed by atoms with Gasteiger partial charge in [-0.3, -0.25) is 14.8 Å². The van der Waals surface area contributed by atoms with Crippen molar-refractivity contribution in [3.05, 3.63) is 54.0 Å². The number of pyridine rings is 1. The van der Waals surface area contributed by atoms with Crippen molar-refractivity contribution in [1.82, 2.24) is 19.9 Å². The number of hydrogen-bond donors (Lipinski definition) is 0. The lowest BCUT2D eigenvalue weighted by Crippen LogP contribution is -2.52. The molecule has 5 rings (SSSR count). The van der Waals surface area contributed by atoms with Crippen LogP contribution >= 0.6 is 0 Å².